The lowest BCUT2D eigenvalue weighted by Crippen LogP contribution is -2.10. The monoisotopic (exact) mass is 241 g/mol. The Balaban J connectivity index is 2.23. The van der Waals surface area contributed by atoms with Gasteiger partial charge < -0.3 is 10.1 Å². The summed E-state index contributed by atoms with van der Waals surface area (Å²) in [6.07, 6.45) is 1.01. The summed E-state index contributed by atoms with van der Waals surface area (Å²) in [5.41, 5.74) is 2.33. The molecule has 0 amide bonds. The summed E-state index contributed by atoms with van der Waals surface area (Å²) in [6, 6.07) is 18.7. The van der Waals surface area contributed by atoms with Gasteiger partial charge in [-0.05, 0) is 24.6 Å². The van der Waals surface area contributed by atoms with Crippen LogP contribution in [0.1, 0.15) is 24.9 Å². The summed E-state index contributed by atoms with van der Waals surface area (Å²) in [4.78, 5) is 0. The average Bonchev–Trinajstić information content (AvgIpc) is 2.46. The number of rotatable bonds is 5. The first-order valence-corrected chi connectivity index (χ1v) is 6.29. The van der Waals surface area contributed by atoms with Crippen molar-refractivity contribution in [2.45, 2.75) is 19.4 Å². The molecule has 0 radical (unpaired) electrons. The Hall–Kier alpha value is -1.96. The fraction of sp³-hybridized carbons (Fsp3) is 0.250. The molecule has 0 aliphatic heterocycles. The molecule has 0 bridgehead atoms. The van der Waals surface area contributed by atoms with E-state index >= 15 is 0 Å². The van der Waals surface area contributed by atoms with Crippen molar-refractivity contribution in [2.75, 3.05) is 12.4 Å². The van der Waals surface area contributed by atoms with Gasteiger partial charge in [-0.25, -0.2) is 0 Å². The second kappa shape index (κ2) is 6.10. The summed E-state index contributed by atoms with van der Waals surface area (Å²) in [5.74, 6) is 0.938. The summed E-state index contributed by atoms with van der Waals surface area (Å²) in [7, 11) is 1.72. The minimum atomic E-state index is 0.267. The summed E-state index contributed by atoms with van der Waals surface area (Å²) in [6.45, 7) is 2.17. The molecule has 2 aromatic carbocycles. The van der Waals surface area contributed by atoms with Crippen LogP contribution in [0.25, 0.3) is 0 Å². The minimum absolute atomic E-state index is 0.267. The molecule has 2 heteroatoms. The van der Waals surface area contributed by atoms with Crippen molar-refractivity contribution in [1.29, 1.82) is 0 Å². The van der Waals surface area contributed by atoms with E-state index in [0.29, 0.717) is 0 Å². The van der Waals surface area contributed by atoms with Crippen LogP contribution in [0.2, 0.25) is 0 Å². The highest BCUT2D eigenvalue weighted by atomic mass is 16.5. The summed E-state index contributed by atoms with van der Waals surface area (Å²) >= 11 is 0. The van der Waals surface area contributed by atoms with Crippen molar-refractivity contribution in [3.63, 3.8) is 0 Å². The van der Waals surface area contributed by atoms with E-state index in [1.54, 1.807) is 7.11 Å². The molecule has 0 saturated heterocycles. The van der Waals surface area contributed by atoms with Gasteiger partial charge >= 0.3 is 0 Å². The molecule has 0 aliphatic carbocycles. The lowest BCUT2D eigenvalue weighted by Gasteiger charge is -2.21. The summed E-state index contributed by atoms with van der Waals surface area (Å²) in [5, 5.41) is 3.54. The van der Waals surface area contributed by atoms with Crippen LogP contribution in [-0.2, 0) is 0 Å². The molecule has 0 fully saturated rings. The van der Waals surface area contributed by atoms with Crippen LogP contribution in [0, 0.1) is 0 Å². The molecule has 1 N–H and O–H groups in total. The molecule has 0 aromatic heterocycles. The van der Waals surface area contributed by atoms with Gasteiger partial charge in [-0.1, -0.05) is 43.3 Å². The third-order valence-electron chi connectivity index (χ3n) is 3.04. The Morgan fingerprint density at radius 2 is 1.67 bits per heavy atom. The quantitative estimate of drug-likeness (QED) is 0.844. The Bertz CT molecular complexity index is 481. The Morgan fingerprint density at radius 1 is 1.00 bits per heavy atom. The third kappa shape index (κ3) is 2.83. The van der Waals surface area contributed by atoms with Crippen molar-refractivity contribution < 1.29 is 4.74 Å². The zero-order valence-electron chi connectivity index (χ0n) is 10.9. The van der Waals surface area contributed by atoms with E-state index in [1.165, 1.54) is 5.56 Å². The van der Waals surface area contributed by atoms with Gasteiger partial charge in [0.15, 0.2) is 0 Å². The van der Waals surface area contributed by atoms with Crippen LogP contribution in [0.5, 0.6) is 5.75 Å². The smallest absolute Gasteiger partial charge is 0.124 e. The number of benzene rings is 2. The van der Waals surface area contributed by atoms with Crippen LogP contribution in [0.15, 0.2) is 54.6 Å². The molecule has 2 nitrogen and oxygen atoms in total. The van der Waals surface area contributed by atoms with Crippen molar-refractivity contribution in [3.05, 3.63) is 60.2 Å². The van der Waals surface area contributed by atoms with E-state index in [4.69, 9.17) is 4.74 Å². The van der Waals surface area contributed by atoms with Gasteiger partial charge in [0.05, 0.1) is 13.2 Å². The first-order valence-electron chi connectivity index (χ1n) is 6.29. The number of hydrogen-bond acceptors (Lipinski definition) is 2. The topological polar surface area (TPSA) is 21.3 Å². The maximum absolute atomic E-state index is 5.43. The van der Waals surface area contributed by atoms with Gasteiger partial charge in [0.2, 0.25) is 0 Å². The van der Waals surface area contributed by atoms with Crippen LogP contribution in [0.4, 0.5) is 5.69 Å². The first kappa shape index (κ1) is 12.5. The fourth-order valence-electron chi connectivity index (χ4n) is 2.09. The molecule has 2 rings (SSSR count). The van der Waals surface area contributed by atoms with Crippen molar-refractivity contribution in [1.82, 2.24) is 0 Å². The Labute approximate surface area is 109 Å². The number of ether oxygens (including phenoxy) is 1. The van der Waals surface area contributed by atoms with Gasteiger partial charge in [0, 0.05) is 11.3 Å². The molecule has 18 heavy (non-hydrogen) atoms. The van der Waals surface area contributed by atoms with Crippen LogP contribution >= 0.6 is 0 Å². The lowest BCUT2D eigenvalue weighted by molar-refractivity contribution is 0.406. The van der Waals surface area contributed by atoms with Crippen molar-refractivity contribution >= 4 is 5.69 Å². The average molecular weight is 241 g/mol. The van der Waals surface area contributed by atoms with Gasteiger partial charge in [0.25, 0.3) is 0 Å². The van der Waals surface area contributed by atoms with E-state index in [9.17, 15) is 0 Å². The molecule has 0 heterocycles. The Morgan fingerprint density at radius 3 is 2.33 bits per heavy atom. The fourth-order valence-corrected chi connectivity index (χ4v) is 2.09. The first-order chi connectivity index (χ1) is 8.85. The minimum Gasteiger partial charge on any atom is -0.496 e. The molecule has 1 unspecified atom stereocenters. The number of para-hydroxylation sites is 2. The number of nitrogens with one attached hydrogen (secondary N) is 1. The van der Waals surface area contributed by atoms with E-state index in [0.717, 1.165) is 17.9 Å². The molecule has 0 spiro atoms. The van der Waals surface area contributed by atoms with E-state index in [-0.39, 0.29) is 6.04 Å². The predicted octanol–water partition coefficient (Wildman–Crippen LogP) is 4.26. The van der Waals surface area contributed by atoms with Crippen LogP contribution in [0.3, 0.4) is 0 Å². The van der Waals surface area contributed by atoms with Crippen LogP contribution in [-0.4, -0.2) is 7.11 Å². The maximum atomic E-state index is 5.43. The standard InChI is InChI=1S/C16H19NO/c1-3-15(17-13-9-5-4-6-10-13)14-11-7-8-12-16(14)18-2/h4-12,15,17H,3H2,1-2H3. The number of methoxy groups -OCH3 is 1. The largest absolute Gasteiger partial charge is 0.496 e. The number of anilines is 1. The van der Waals surface area contributed by atoms with Crippen molar-refractivity contribution in [2.24, 2.45) is 0 Å². The maximum Gasteiger partial charge on any atom is 0.124 e. The molecule has 0 aliphatic rings. The predicted molar refractivity (Wildman–Crippen MR) is 76.1 cm³/mol. The highest BCUT2D eigenvalue weighted by Crippen LogP contribution is 2.29. The molecule has 2 aromatic rings. The normalized spacial score (nSPS) is 11.9. The zero-order chi connectivity index (χ0) is 12.8. The highest BCUT2D eigenvalue weighted by Gasteiger charge is 2.13. The van der Waals surface area contributed by atoms with E-state index in [2.05, 4.69) is 30.4 Å². The molecular formula is C16H19NO. The molecule has 1 atom stereocenters. The van der Waals surface area contributed by atoms with Gasteiger partial charge in [0.1, 0.15) is 5.75 Å². The highest BCUT2D eigenvalue weighted by molar-refractivity contribution is 5.47. The van der Waals surface area contributed by atoms with Gasteiger partial charge in [-0.3, -0.25) is 0 Å². The SMILES string of the molecule is CCC(Nc1ccccc1)c1ccccc1OC. The van der Waals surface area contributed by atoms with E-state index in [1.807, 2.05) is 36.4 Å². The molecule has 0 saturated carbocycles. The Kier molecular flexibility index (Phi) is 4.24. The van der Waals surface area contributed by atoms with E-state index < -0.39 is 0 Å². The second-order valence-corrected chi connectivity index (χ2v) is 4.21. The third-order valence-corrected chi connectivity index (χ3v) is 3.04. The van der Waals surface area contributed by atoms with Gasteiger partial charge in [-0.15, -0.1) is 0 Å². The molecule has 94 valence electrons. The zero-order valence-corrected chi connectivity index (χ0v) is 10.9. The van der Waals surface area contributed by atoms with Crippen molar-refractivity contribution in [3.8, 4) is 5.75 Å². The molecular weight excluding hydrogens is 222 g/mol. The lowest BCUT2D eigenvalue weighted by atomic mass is 10.0. The van der Waals surface area contributed by atoms with Crippen LogP contribution < -0.4 is 10.1 Å². The van der Waals surface area contributed by atoms with Gasteiger partial charge in [-0.2, -0.15) is 0 Å². The number of hydrogen-bond donors (Lipinski definition) is 1. The second-order valence-electron chi connectivity index (χ2n) is 4.21. The summed E-state index contributed by atoms with van der Waals surface area (Å²) < 4.78 is 5.43.